The van der Waals surface area contributed by atoms with E-state index in [0.717, 1.165) is 0 Å². The van der Waals surface area contributed by atoms with Crippen LogP contribution < -0.4 is 0 Å². The molecule has 0 unspecified atom stereocenters. The minimum absolute atomic E-state index is 0. The Kier molecular flexibility index (Phi) is 163. The topological polar surface area (TPSA) is 0 Å². The van der Waals surface area contributed by atoms with Gasteiger partial charge in [0, 0.05) is 17.1 Å². The molecule has 0 fully saturated rings. The summed E-state index contributed by atoms with van der Waals surface area (Å²) < 4.78 is 0. The second-order valence-electron chi connectivity index (χ2n) is 0. The molecule has 0 spiro atoms. The Labute approximate surface area is 78.6 Å². The van der Waals surface area contributed by atoms with Gasteiger partial charge < -0.3 is 2.85 Å². The molecule has 0 aliphatic heterocycles. The molecule has 28 valence electrons. The first-order valence-corrected chi connectivity index (χ1v) is 0. The minimum atomic E-state index is 0. The van der Waals surface area contributed by atoms with Gasteiger partial charge in [-0.05, 0) is 21.9 Å². The first-order valence-electron chi connectivity index (χ1n) is 0. The Balaban J connectivity index is 0. The van der Waals surface area contributed by atoms with E-state index >= 15 is 0 Å². The van der Waals surface area contributed by atoms with E-state index in [4.69, 9.17) is 0 Å². The van der Waals surface area contributed by atoms with Crippen LogP contribution in [-0.2, 0) is 17.1 Å². The van der Waals surface area contributed by atoms with Crippen LogP contribution in [0.5, 0.6) is 0 Å². The summed E-state index contributed by atoms with van der Waals surface area (Å²) >= 11 is 0. The molecular formula is H10CaFeSi2. The first-order chi connectivity index (χ1) is 0. The molecule has 0 atom stereocenters. The van der Waals surface area contributed by atoms with E-state index in [2.05, 4.69) is 0 Å². The molecule has 0 nitrogen and oxygen atoms in total. The van der Waals surface area contributed by atoms with E-state index in [9.17, 15) is 0 Å². The summed E-state index contributed by atoms with van der Waals surface area (Å²) in [5, 5.41) is 0. The predicted molar refractivity (Wildman–Crippen MR) is 30.6 cm³/mol. The maximum absolute atomic E-state index is 0. The van der Waals surface area contributed by atoms with E-state index in [1.54, 1.807) is 0 Å². The van der Waals surface area contributed by atoms with Crippen molar-refractivity contribution in [3.8, 4) is 0 Å². The molecule has 0 bridgehead atoms. The smallest absolute Gasteiger partial charge is 1.00 e. The zero-order valence-corrected chi connectivity index (χ0v) is 4.37. The Morgan fingerprint density at radius 1 is 1.00 bits per heavy atom. The average Bonchev–Trinajstić information content (AvgIpc) is 0. The van der Waals surface area contributed by atoms with Gasteiger partial charge in [-0.15, -0.1) is 0 Å². The summed E-state index contributed by atoms with van der Waals surface area (Å²) in [6.45, 7) is 0. The van der Waals surface area contributed by atoms with Gasteiger partial charge in [0.1, 0.15) is 0 Å². The van der Waals surface area contributed by atoms with Crippen molar-refractivity contribution in [3.05, 3.63) is 0 Å². The van der Waals surface area contributed by atoms with E-state index in [1.165, 1.54) is 0 Å². The molecule has 0 rings (SSSR count). The molecule has 0 aromatic heterocycles. The summed E-state index contributed by atoms with van der Waals surface area (Å²) in [5.41, 5.74) is 0. The number of hydrogen-bond acceptors (Lipinski definition) is 0. The van der Waals surface area contributed by atoms with Crippen molar-refractivity contribution < 1.29 is 19.9 Å². The van der Waals surface area contributed by atoms with Crippen LogP contribution >= 0.6 is 0 Å². The molecule has 0 aromatic rings. The Morgan fingerprint density at radius 3 is 1.00 bits per heavy atom. The molecule has 0 aliphatic carbocycles. The van der Waals surface area contributed by atoms with Crippen LogP contribution in [0.2, 0.25) is 0 Å². The van der Waals surface area contributed by atoms with Crippen molar-refractivity contribution in [1.82, 2.24) is 0 Å². The molecule has 0 N–H and O–H groups in total. The Bertz CT molecular complexity index is 11.5. The predicted octanol–water partition coefficient (Wildman–Crippen LogP) is -3.06. The van der Waals surface area contributed by atoms with Gasteiger partial charge in [0.05, 0.1) is 0 Å². The maximum atomic E-state index is 0. The quantitative estimate of drug-likeness (QED) is 0.332. The fraction of sp³-hybridized carbons (Fsp3) is 0. The number of hydrogen-bond donors (Lipinski definition) is 0. The van der Waals surface area contributed by atoms with Gasteiger partial charge in [-0.1, -0.05) is 0 Å². The largest absolute Gasteiger partial charge is 2.00 e. The third kappa shape index (κ3) is 8.88. The van der Waals surface area contributed by atoms with E-state index in [0.29, 0.717) is 0 Å². The van der Waals surface area contributed by atoms with Crippen LogP contribution in [0, 0.1) is 0 Å². The molecular weight excluding hydrogens is 152 g/mol. The molecule has 0 saturated heterocycles. The van der Waals surface area contributed by atoms with Gasteiger partial charge in [0.25, 0.3) is 0 Å². The van der Waals surface area contributed by atoms with Crippen molar-refractivity contribution in [1.29, 1.82) is 0 Å². The fourth-order valence-corrected chi connectivity index (χ4v) is 0. The van der Waals surface area contributed by atoms with E-state index in [-0.39, 0.29) is 79.6 Å². The van der Waals surface area contributed by atoms with Crippen LogP contribution in [0.1, 0.15) is 2.85 Å². The van der Waals surface area contributed by atoms with Crippen LogP contribution in [-0.4, -0.2) is 59.7 Å². The summed E-state index contributed by atoms with van der Waals surface area (Å²) in [6.07, 6.45) is 0. The van der Waals surface area contributed by atoms with Gasteiger partial charge in [-0.2, -0.15) is 0 Å². The summed E-state index contributed by atoms with van der Waals surface area (Å²) in [6, 6.07) is 0. The summed E-state index contributed by atoms with van der Waals surface area (Å²) in [7, 11) is 0. The molecule has 4 heavy (non-hydrogen) atoms. The Morgan fingerprint density at radius 2 is 1.00 bits per heavy atom. The van der Waals surface area contributed by atoms with Crippen molar-refractivity contribution >= 4 is 59.7 Å². The van der Waals surface area contributed by atoms with Crippen LogP contribution in [0.4, 0.5) is 0 Å². The van der Waals surface area contributed by atoms with Crippen molar-refractivity contribution in [2.45, 2.75) is 0 Å². The molecule has 0 saturated carbocycles. The summed E-state index contributed by atoms with van der Waals surface area (Å²) in [4.78, 5) is 0. The first kappa shape index (κ1) is 34.5. The zero-order valence-electron chi connectivity index (χ0n) is 3.06. The molecule has 0 radical (unpaired) electrons. The van der Waals surface area contributed by atoms with Gasteiger partial charge in [0.2, 0.25) is 0 Å². The van der Waals surface area contributed by atoms with Gasteiger partial charge in [0.15, 0.2) is 0 Å². The van der Waals surface area contributed by atoms with Crippen LogP contribution in [0.3, 0.4) is 0 Å². The maximum Gasteiger partial charge on any atom is 2.00 e. The molecule has 0 amide bonds. The van der Waals surface area contributed by atoms with Gasteiger partial charge in [-0.25, -0.2) is 0 Å². The second kappa shape index (κ2) is 18.9. The average molecular weight is 162 g/mol. The number of rotatable bonds is 0. The van der Waals surface area contributed by atoms with Crippen molar-refractivity contribution in [2.24, 2.45) is 0 Å². The van der Waals surface area contributed by atoms with Gasteiger partial charge in [-0.3, -0.25) is 0 Å². The molecule has 0 heterocycles. The van der Waals surface area contributed by atoms with Crippen molar-refractivity contribution in [2.75, 3.05) is 0 Å². The van der Waals surface area contributed by atoms with Gasteiger partial charge >= 0.3 is 37.7 Å². The summed E-state index contributed by atoms with van der Waals surface area (Å²) in [5.74, 6) is 0. The normalized spacial score (nSPS) is 0. The van der Waals surface area contributed by atoms with E-state index < -0.39 is 0 Å². The monoisotopic (exact) mass is 162 g/mol. The third-order valence-electron chi connectivity index (χ3n) is 0. The Hall–Kier alpha value is 2.21. The third-order valence-corrected chi connectivity index (χ3v) is 0. The fourth-order valence-electron chi connectivity index (χ4n) is 0. The minimum Gasteiger partial charge on any atom is -1.00 e. The van der Waals surface area contributed by atoms with Crippen LogP contribution in [0.25, 0.3) is 0 Å². The second-order valence-corrected chi connectivity index (χ2v) is 0. The molecule has 0 aromatic carbocycles. The van der Waals surface area contributed by atoms with Crippen LogP contribution in [0.15, 0.2) is 0 Å². The zero-order chi connectivity index (χ0) is 0. The molecule has 0 aliphatic rings. The van der Waals surface area contributed by atoms with Crippen molar-refractivity contribution in [3.63, 3.8) is 0 Å². The SMILES string of the molecule is [Ca+2].[Fe].[H-].[H-].[SiH4].[SiH4]. The standard InChI is InChI=1S/Ca.Fe.2H4Si.2H/h;;2*1H4;;/q+2;;;;2*-1. The van der Waals surface area contributed by atoms with E-state index in [1.807, 2.05) is 0 Å². The molecule has 4 heteroatoms.